The molecular formula is C16H23NO3. The third kappa shape index (κ3) is 4.02. The predicted molar refractivity (Wildman–Crippen MR) is 82.0 cm³/mol. The van der Waals surface area contributed by atoms with Gasteiger partial charge in [-0.3, -0.25) is 0 Å². The Balaban J connectivity index is 3.01. The van der Waals surface area contributed by atoms with Crippen molar-refractivity contribution in [2.24, 2.45) is 0 Å². The summed E-state index contributed by atoms with van der Waals surface area (Å²) in [6.45, 7) is 9.79. The lowest BCUT2D eigenvalue weighted by Crippen LogP contribution is -2.21. The molecule has 1 aromatic carbocycles. The van der Waals surface area contributed by atoms with Crippen LogP contribution in [0.3, 0.4) is 0 Å². The summed E-state index contributed by atoms with van der Waals surface area (Å²) in [7, 11) is 0. The number of esters is 1. The van der Waals surface area contributed by atoms with E-state index in [9.17, 15) is 9.90 Å². The van der Waals surface area contributed by atoms with E-state index in [1.54, 1.807) is 19.9 Å². The number of hydrogen-bond donors (Lipinski definition) is 1. The van der Waals surface area contributed by atoms with Crippen molar-refractivity contribution >= 4 is 17.2 Å². The second-order valence-corrected chi connectivity index (χ2v) is 4.45. The van der Waals surface area contributed by atoms with Gasteiger partial charge in [-0.2, -0.15) is 0 Å². The van der Waals surface area contributed by atoms with Crippen LogP contribution < -0.4 is 4.90 Å². The SMILES string of the molecule is CCOC(=O)/C=C(/C)c1ccc(N(CC)CC)cc1O. The lowest BCUT2D eigenvalue weighted by atomic mass is 10.0. The van der Waals surface area contributed by atoms with Crippen molar-refractivity contribution in [1.29, 1.82) is 0 Å². The summed E-state index contributed by atoms with van der Waals surface area (Å²) in [5.41, 5.74) is 2.31. The third-order valence-corrected chi connectivity index (χ3v) is 3.16. The molecule has 20 heavy (non-hydrogen) atoms. The normalized spacial score (nSPS) is 11.3. The van der Waals surface area contributed by atoms with Gasteiger partial charge in [0.15, 0.2) is 0 Å². The number of phenolic OH excluding ortho intramolecular Hbond substituents is 1. The van der Waals surface area contributed by atoms with Crippen LogP contribution in [-0.2, 0) is 9.53 Å². The van der Waals surface area contributed by atoms with E-state index < -0.39 is 5.97 Å². The lowest BCUT2D eigenvalue weighted by Gasteiger charge is -2.21. The van der Waals surface area contributed by atoms with E-state index in [4.69, 9.17) is 4.74 Å². The van der Waals surface area contributed by atoms with Crippen LogP contribution in [0.2, 0.25) is 0 Å². The smallest absolute Gasteiger partial charge is 0.331 e. The lowest BCUT2D eigenvalue weighted by molar-refractivity contribution is -0.137. The highest BCUT2D eigenvalue weighted by molar-refractivity contribution is 5.91. The zero-order valence-corrected chi connectivity index (χ0v) is 12.6. The zero-order chi connectivity index (χ0) is 15.1. The first kappa shape index (κ1) is 16.1. The van der Waals surface area contributed by atoms with Gasteiger partial charge in [-0.15, -0.1) is 0 Å². The fourth-order valence-corrected chi connectivity index (χ4v) is 2.08. The van der Waals surface area contributed by atoms with Gasteiger partial charge in [0, 0.05) is 36.5 Å². The average Bonchev–Trinajstić information content (AvgIpc) is 2.40. The highest BCUT2D eigenvalue weighted by atomic mass is 16.5. The first-order valence-electron chi connectivity index (χ1n) is 6.96. The van der Waals surface area contributed by atoms with E-state index in [1.807, 2.05) is 12.1 Å². The molecule has 0 amide bonds. The second-order valence-electron chi connectivity index (χ2n) is 4.45. The number of rotatable bonds is 6. The van der Waals surface area contributed by atoms with Crippen molar-refractivity contribution in [3.05, 3.63) is 29.8 Å². The molecule has 110 valence electrons. The molecule has 0 atom stereocenters. The van der Waals surface area contributed by atoms with E-state index >= 15 is 0 Å². The van der Waals surface area contributed by atoms with Crippen LogP contribution in [-0.4, -0.2) is 30.8 Å². The molecule has 0 heterocycles. The van der Waals surface area contributed by atoms with Crippen molar-refractivity contribution in [3.63, 3.8) is 0 Å². The molecule has 0 bridgehead atoms. The van der Waals surface area contributed by atoms with Gasteiger partial charge in [-0.05, 0) is 45.4 Å². The van der Waals surface area contributed by atoms with Crippen LogP contribution in [0.5, 0.6) is 5.75 Å². The molecule has 1 N–H and O–H groups in total. The van der Waals surface area contributed by atoms with Crippen LogP contribution >= 0.6 is 0 Å². The minimum atomic E-state index is -0.391. The molecule has 1 rings (SSSR count). The molecule has 4 heteroatoms. The molecule has 0 spiro atoms. The number of benzene rings is 1. The molecule has 0 aromatic heterocycles. The van der Waals surface area contributed by atoms with Crippen LogP contribution in [0.1, 0.15) is 33.3 Å². The largest absolute Gasteiger partial charge is 0.507 e. The summed E-state index contributed by atoms with van der Waals surface area (Å²) in [5.74, 6) is -0.218. The minimum Gasteiger partial charge on any atom is -0.507 e. The van der Waals surface area contributed by atoms with Crippen molar-refractivity contribution in [3.8, 4) is 5.75 Å². The van der Waals surface area contributed by atoms with Gasteiger partial charge in [-0.25, -0.2) is 4.79 Å². The van der Waals surface area contributed by atoms with Gasteiger partial charge >= 0.3 is 5.97 Å². The monoisotopic (exact) mass is 277 g/mol. The maximum atomic E-state index is 11.4. The van der Waals surface area contributed by atoms with E-state index in [0.717, 1.165) is 18.8 Å². The Labute approximate surface area is 120 Å². The van der Waals surface area contributed by atoms with Gasteiger partial charge in [0.1, 0.15) is 5.75 Å². The van der Waals surface area contributed by atoms with E-state index in [1.165, 1.54) is 6.08 Å². The van der Waals surface area contributed by atoms with Crippen LogP contribution in [0, 0.1) is 0 Å². The van der Waals surface area contributed by atoms with Crippen molar-refractivity contribution < 1.29 is 14.6 Å². The average molecular weight is 277 g/mol. The van der Waals surface area contributed by atoms with E-state index in [2.05, 4.69) is 18.7 Å². The number of hydrogen-bond acceptors (Lipinski definition) is 4. The third-order valence-electron chi connectivity index (χ3n) is 3.16. The number of allylic oxidation sites excluding steroid dienone is 1. The quantitative estimate of drug-likeness (QED) is 0.641. The van der Waals surface area contributed by atoms with Gasteiger partial charge in [0.05, 0.1) is 6.61 Å². The highest BCUT2D eigenvalue weighted by Gasteiger charge is 2.09. The minimum absolute atomic E-state index is 0.174. The van der Waals surface area contributed by atoms with Gasteiger partial charge in [0.2, 0.25) is 0 Å². The number of carbonyl (C=O) groups is 1. The molecular weight excluding hydrogens is 254 g/mol. The molecule has 4 nitrogen and oxygen atoms in total. The first-order valence-corrected chi connectivity index (χ1v) is 6.96. The van der Waals surface area contributed by atoms with Crippen molar-refractivity contribution in [1.82, 2.24) is 0 Å². The van der Waals surface area contributed by atoms with E-state index in [0.29, 0.717) is 17.7 Å². The van der Waals surface area contributed by atoms with Crippen molar-refractivity contribution in [2.45, 2.75) is 27.7 Å². The number of nitrogens with zero attached hydrogens (tertiary/aromatic N) is 1. The summed E-state index contributed by atoms with van der Waals surface area (Å²) < 4.78 is 4.87. The van der Waals surface area contributed by atoms with Crippen LogP contribution in [0.15, 0.2) is 24.3 Å². The first-order chi connectivity index (χ1) is 9.53. The summed E-state index contributed by atoms with van der Waals surface area (Å²) in [6, 6.07) is 5.50. The molecule has 0 radical (unpaired) electrons. The zero-order valence-electron chi connectivity index (χ0n) is 12.6. The molecule has 0 saturated carbocycles. The molecule has 0 aliphatic heterocycles. The highest BCUT2D eigenvalue weighted by Crippen LogP contribution is 2.29. The molecule has 0 aliphatic rings. The number of aromatic hydroxyl groups is 1. The Morgan fingerprint density at radius 2 is 1.95 bits per heavy atom. The maximum Gasteiger partial charge on any atom is 0.331 e. The van der Waals surface area contributed by atoms with Crippen LogP contribution in [0.25, 0.3) is 5.57 Å². The molecule has 0 saturated heterocycles. The Hall–Kier alpha value is -1.97. The topological polar surface area (TPSA) is 49.8 Å². The molecule has 1 aromatic rings. The Kier molecular flexibility index (Phi) is 6.10. The summed E-state index contributed by atoms with van der Waals surface area (Å²) in [5, 5.41) is 10.1. The Morgan fingerprint density at radius 1 is 1.30 bits per heavy atom. The Bertz CT molecular complexity index is 490. The summed E-state index contributed by atoms with van der Waals surface area (Å²) >= 11 is 0. The fourth-order valence-electron chi connectivity index (χ4n) is 2.08. The second kappa shape index (κ2) is 7.58. The molecule has 0 aliphatic carbocycles. The van der Waals surface area contributed by atoms with Gasteiger partial charge in [-0.1, -0.05) is 0 Å². The number of phenols is 1. The molecule has 0 unspecified atom stereocenters. The summed E-state index contributed by atoms with van der Waals surface area (Å²) in [4.78, 5) is 13.6. The number of ether oxygens (including phenoxy) is 1. The van der Waals surface area contributed by atoms with E-state index in [-0.39, 0.29) is 5.75 Å². The molecule has 0 fully saturated rings. The van der Waals surface area contributed by atoms with Crippen LogP contribution in [0.4, 0.5) is 5.69 Å². The Morgan fingerprint density at radius 3 is 2.45 bits per heavy atom. The summed E-state index contributed by atoms with van der Waals surface area (Å²) in [6.07, 6.45) is 1.40. The standard InChI is InChI=1S/C16H23NO3/c1-5-17(6-2)13-8-9-14(15(18)11-13)12(4)10-16(19)20-7-3/h8-11,18H,5-7H2,1-4H3/b12-10-. The van der Waals surface area contributed by atoms with Crippen molar-refractivity contribution in [2.75, 3.05) is 24.6 Å². The maximum absolute atomic E-state index is 11.4. The fraction of sp³-hybridized carbons (Fsp3) is 0.438. The van der Waals surface area contributed by atoms with Gasteiger partial charge in [0.25, 0.3) is 0 Å². The van der Waals surface area contributed by atoms with Gasteiger partial charge < -0.3 is 14.7 Å². The number of anilines is 1. The number of carbonyl (C=O) groups excluding carboxylic acids is 1. The predicted octanol–water partition coefficient (Wildman–Crippen LogP) is 3.20.